The average molecular weight is 461 g/mol. The molecule has 1 unspecified atom stereocenters. The molecule has 2 aromatic heterocycles. The second kappa shape index (κ2) is 8.88. The molecule has 5 rings (SSSR count). The van der Waals surface area contributed by atoms with E-state index >= 15 is 0 Å². The fourth-order valence-corrected chi connectivity index (χ4v) is 5.46. The van der Waals surface area contributed by atoms with E-state index in [1.807, 2.05) is 84.5 Å². The number of benzene rings is 2. The van der Waals surface area contributed by atoms with Crippen LogP contribution in [0.1, 0.15) is 19.8 Å². The first kappa shape index (κ1) is 21.5. The number of carbonyl (C=O) groups is 2. The van der Waals surface area contributed by atoms with Crippen LogP contribution in [0.2, 0.25) is 0 Å². The molecule has 0 saturated carbocycles. The molecule has 0 bridgehead atoms. The number of nitrogens with zero attached hydrogens (tertiary/aromatic N) is 3. The van der Waals surface area contributed by atoms with E-state index in [4.69, 9.17) is 0 Å². The van der Waals surface area contributed by atoms with E-state index in [1.54, 1.807) is 0 Å². The minimum atomic E-state index is -0.269. The molecule has 8 heteroatoms. The maximum absolute atomic E-state index is 13.7. The van der Waals surface area contributed by atoms with Gasteiger partial charge >= 0.3 is 11.9 Å². The number of imide groups is 1. The molecule has 2 atom stereocenters. The number of anilines is 1. The summed E-state index contributed by atoms with van der Waals surface area (Å²) < 4.78 is 1.76. The molecular weight excluding hydrogens is 434 g/mol. The van der Waals surface area contributed by atoms with Gasteiger partial charge in [-0.2, -0.15) is 4.48 Å². The molecule has 1 fully saturated rings. The first-order valence-electron chi connectivity index (χ1n) is 11.1. The van der Waals surface area contributed by atoms with Gasteiger partial charge in [0.2, 0.25) is 0 Å². The van der Waals surface area contributed by atoms with Crippen LogP contribution >= 0.6 is 11.8 Å². The third kappa shape index (κ3) is 3.96. The van der Waals surface area contributed by atoms with E-state index in [0.717, 1.165) is 29.6 Å². The highest BCUT2D eigenvalue weighted by atomic mass is 32.2. The molecular formula is C25H26N5O2S+. The number of H-pyrrole nitrogens is 1. The van der Waals surface area contributed by atoms with Crippen molar-refractivity contribution in [3.8, 4) is 5.69 Å². The van der Waals surface area contributed by atoms with Gasteiger partial charge in [0.1, 0.15) is 11.8 Å². The first-order valence-corrected chi connectivity index (χ1v) is 12.1. The van der Waals surface area contributed by atoms with Gasteiger partial charge in [0.05, 0.1) is 29.0 Å². The van der Waals surface area contributed by atoms with Crippen LogP contribution in [0.5, 0.6) is 0 Å². The van der Waals surface area contributed by atoms with Crippen LogP contribution in [-0.2, 0) is 4.79 Å². The summed E-state index contributed by atoms with van der Waals surface area (Å²) in [6, 6.07) is 19.0. The molecule has 0 aliphatic carbocycles. The summed E-state index contributed by atoms with van der Waals surface area (Å²) in [7, 11) is 0. The predicted molar refractivity (Wildman–Crippen MR) is 130 cm³/mol. The number of nitrogens with one attached hydrogen (secondary N) is 2. The van der Waals surface area contributed by atoms with Crippen LogP contribution in [0.25, 0.3) is 16.7 Å². The van der Waals surface area contributed by atoms with Crippen LogP contribution < -0.4 is 5.32 Å². The molecule has 168 valence electrons. The lowest BCUT2D eigenvalue weighted by molar-refractivity contribution is -0.781. The standard InChI is InChI=1S/C25H25N5O2S/c1-18-9-8-16-30(18,23(31)17-33-24-26-19-10-2-3-11-20(19)27-24)25(32)28-21-12-4-5-13-22(21)29-14-6-7-15-29/h2-7,10-15,18H,8-9,16-17H2,1H3,(H-,26,27,28,32)/p+1/t18-,30?/m1/s1. The molecule has 1 saturated heterocycles. The quantitative estimate of drug-likeness (QED) is 0.317. The van der Waals surface area contributed by atoms with Crippen molar-refractivity contribution in [2.45, 2.75) is 31.0 Å². The van der Waals surface area contributed by atoms with Crippen LogP contribution in [-0.4, -0.2) is 49.3 Å². The van der Waals surface area contributed by atoms with E-state index in [1.165, 1.54) is 11.8 Å². The molecule has 3 heterocycles. The SMILES string of the molecule is C[C@@H]1CCC[N+]1(C(=O)CSc1nc2ccccc2[nH]1)C(=O)Nc1ccccc1-n1cccc1. The summed E-state index contributed by atoms with van der Waals surface area (Å²) in [4.78, 5) is 35.0. The van der Waals surface area contributed by atoms with E-state index in [-0.39, 0.29) is 28.2 Å². The Kier molecular flexibility index (Phi) is 5.78. The lowest BCUT2D eigenvalue weighted by atomic mass is 10.2. The molecule has 33 heavy (non-hydrogen) atoms. The number of amides is 3. The van der Waals surface area contributed by atoms with Crippen LogP contribution in [0.15, 0.2) is 78.2 Å². The summed E-state index contributed by atoms with van der Waals surface area (Å²) >= 11 is 1.35. The first-order chi connectivity index (χ1) is 16.1. The molecule has 1 aliphatic heterocycles. The Labute approximate surface area is 196 Å². The Balaban J connectivity index is 1.37. The number of aromatic amines is 1. The Morgan fingerprint density at radius 3 is 2.64 bits per heavy atom. The maximum Gasteiger partial charge on any atom is 0.428 e. The molecule has 0 radical (unpaired) electrons. The molecule has 0 spiro atoms. The number of imidazole rings is 1. The summed E-state index contributed by atoms with van der Waals surface area (Å²) in [5.74, 6) is 0.0815. The summed E-state index contributed by atoms with van der Waals surface area (Å²) in [5, 5.41) is 3.76. The van der Waals surface area contributed by atoms with E-state index in [0.29, 0.717) is 17.4 Å². The van der Waals surface area contributed by atoms with Crippen LogP contribution in [0, 0.1) is 0 Å². The van der Waals surface area contributed by atoms with Gasteiger partial charge in [-0.3, -0.25) is 5.32 Å². The summed E-state index contributed by atoms with van der Waals surface area (Å²) in [6.07, 6.45) is 5.55. The van der Waals surface area contributed by atoms with Gasteiger partial charge in [-0.25, -0.2) is 14.6 Å². The number of aromatic nitrogens is 3. The van der Waals surface area contributed by atoms with Crippen LogP contribution in [0.3, 0.4) is 0 Å². The third-order valence-corrected chi connectivity index (χ3v) is 7.28. The largest absolute Gasteiger partial charge is 0.428 e. The van der Waals surface area contributed by atoms with E-state index in [9.17, 15) is 9.59 Å². The van der Waals surface area contributed by atoms with Crippen LogP contribution in [0.4, 0.5) is 10.5 Å². The predicted octanol–water partition coefficient (Wildman–Crippen LogP) is 5.20. The number of carbonyl (C=O) groups excluding carboxylic acids is 2. The number of fused-ring (bicyclic) bond motifs is 1. The Morgan fingerprint density at radius 2 is 1.88 bits per heavy atom. The van der Waals surface area contributed by atoms with Gasteiger partial charge in [0, 0.05) is 25.2 Å². The smallest absolute Gasteiger partial charge is 0.333 e. The molecule has 1 aliphatic rings. The van der Waals surface area contributed by atoms with E-state index < -0.39 is 0 Å². The average Bonchev–Trinajstić information content (AvgIpc) is 3.57. The van der Waals surface area contributed by atoms with Crippen molar-refractivity contribution in [3.05, 3.63) is 73.1 Å². The molecule has 7 nitrogen and oxygen atoms in total. The monoisotopic (exact) mass is 460 g/mol. The van der Waals surface area contributed by atoms with Gasteiger partial charge in [0.15, 0.2) is 5.16 Å². The van der Waals surface area contributed by atoms with E-state index in [2.05, 4.69) is 15.3 Å². The van der Waals surface area contributed by atoms with Gasteiger partial charge in [-0.15, -0.1) is 0 Å². The fraction of sp³-hybridized carbons (Fsp3) is 0.240. The lowest BCUT2D eigenvalue weighted by Crippen LogP contribution is -2.61. The number of hydrogen-bond acceptors (Lipinski definition) is 4. The van der Waals surface area contributed by atoms with Crippen molar-refractivity contribution in [2.75, 3.05) is 17.6 Å². The number of likely N-dealkylation sites (tertiary alicyclic amines) is 1. The van der Waals surface area contributed by atoms with Gasteiger partial charge < -0.3 is 9.55 Å². The summed E-state index contributed by atoms with van der Waals surface area (Å²) in [6.45, 7) is 2.51. The fourth-order valence-electron chi connectivity index (χ4n) is 4.62. The van der Waals surface area contributed by atoms with Crippen molar-refractivity contribution in [1.29, 1.82) is 0 Å². The molecule has 3 amide bonds. The minimum Gasteiger partial charge on any atom is -0.333 e. The Morgan fingerprint density at radius 1 is 1.12 bits per heavy atom. The maximum atomic E-state index is 13.7. The minimum absolute atomic E-state index is 0.0764. The topological polar surface area (TPSA) is 79.8 Å². The molecule has 2 N–H and O–H groups in total. The van der Waals surface area contributed by atoms with Gasteiger partial charge in [-0.1, -0.05) is 36.0 Å². The summed E-state index contributed by atoms with van der Waals surface area (Å²) in [5.41, 5.74) is 3.36. The number of rotatable bonds is 5. The zero-order valence-corrected chi connectivity index (χ0v) is 19.2. The lowest BCUT2D eigenvalue weighted by Gasteiger charge is -2.33. The zero-order valence-electron chi connectivity index (χ0n) is 18.4. The van der Waals surface area contributed by atoms with Gasteiger partial charge in [0.25, 0.3) is 0 Å². The van der Waals surface area contributed by atoms with Crippen molar-refractivity contribution >= 4 is 40.4 Å². The number of hydrogen-bond donors (Lipinski definition) is 2. The van der Waals surface area contributed by atoms with Crippen molar-refractivity contribution in [3.63, 3.8) is 0 Å². The highest BCUT2D eigenvalue weighted by Crippen LogP contribution is 2.32. The normalized spacial score (nSPS) is 20.2. The van der Waals surface area contributed by atoms with Crippen molar-refractivity contribution < 1.29 is 14.1 Å². The molecule has 2 aromatic carbocycles. The van der Waals surface area contributed by atoms with Gasteiger partial charge in [-0.05, 0) is 43.3 Å². The second-order valence-electron chi connectivity index (χ2n) is 8.36. The Hall–Kier alpha value is -3.36. The number of quaternary nitrogens is 1. The third-order valence-electron chi connectivity index (χ3n) is 6.42. The number of urea groups is 1. The van der Waals surface area contributed by atoms with Crippen molar-refractivity contribution in [1.82, 2.24) is 14.5 Å². The molecule has 4 aromatic rings. The zero-order chi connectivity index (χ0) is 22.8. The highest BCUT2D eigenvalue weighted by Gasteiger charge is 2.52. The number of para-hydroxylation sites is 4. The van der Waals surface area contributed by atoms with Crippen molar-refractivity contribution in [2.24, 2.45) is 0 Å². The number of thioether (sulfide) groups is 1. The second-order valence-corrected chi connectivity index (χ2v) is 9.33. The highest BCUT2D eigenvalue weighted by molar-refractivity contribution is 7.99. The Bertz CT molecular complexity index is 1270.